The third-order valence-corrected chi connectivity index (χ3v) is 6.36. The minimum atomic E-state index is -0.949. The summed E-state index contributed by atoms with van der Waals surface area (Å²) in [6.07, 6.45) is 1.86. The van der Waals surface area contributed by atoms with Crippen molar-refractivity contribution in [1.29, 1.82) is 0 Å². The molecule has 2 aliphatic rings. The average Bonchev–Trinajstić information content (AvgIpc) is 3.53. The van der Waals surface area contributed by atoms with Crippen molar-refractivity contribution in [3.8, 4) is 11.1 Å². The number of esters is 2. The van der Waals surface area contributed by atoms with Crippen molar-refractivity contribution in [2.24, 2.45) is 0 Å². The summed E-state index contributed by atoms with van der Waals surface area (Å²) in [6, 6.07) is 11.4. The molecule has 2 atom stereocenters. The van der Waals surface area contributed by atoms with Crippen molar-refractivity contribution in [2.45, 2.75) is 37.8 Å². The molecule has 2 saturated heterocycles. The molecular weight excluding hydrogens is 474 g/mol. The van der Waals surface area contributed by atoms with Crippen LogP contribution in [0.3, 0.4) is 0 Å². The highest BCUT2D eigenvalue weighted by Gasteiger charge is 2.33. The average molecular weight is 500 g/mol. The number of rotatable bonds is 9. The summed E-state index contributed by atoms with van der Waals surface area (Å²) in [5.41, 5.74) is 2.27. The minimum Gasteiger partial charge on any atom is -0.456 e. The van der Waals surface area contributed by atoms with Crippen LogP contribution in [-0.4, -0.2) is 72.1 Å². The van der Waals surface area contributed by atoms with Gasteiger partial charge in [-0.3, -0.25) is 19.2 Å². The Kier molecular flexibility index (Phi) is 8.17. The lowest BCUT2D eigenvalue weighted by atomic mass is 10.0. The zero-order valence-electron chi connectivity index (χ0n) is 19.5. The summed E-state index contributed by atoms with van der Waals surface area (Å²) in [6.45, 7) is -0.572. The lowest BCUT2D eigenvalue weighted by Gasteiger charge is -2.13. The van der Waals surface area contributed by atoms with Crippen molar-refractivity contribution in [1.82, 2.24) is 10.2 Å². The molecule has 4 rings (SSSR count). The van der Waals surface area contributed by atoms with Crippen LogP contribution in [0.2, 0.25) is 0 Å². The molecule has 8 nitrogen and oxygen atoms in total. The summed E-state index contributed by atoms with van der Waals surface area (Å²) in [5.74, 6) is -2.29. The van der Waals surface area contributed by atoms with Crippen LogP contribution in [0.15, 0.2) is 48.5 Å². The summed E-state index contributed by atoms with van der Waals surface area (Å²) in [4.78, 5) is 48.5. The molecule has 0 unspecified atom stereocenters. The Morgan fingerprint density at radius 3 is 1.33 bits per heavy atom. The van der Waals surface area contributed by atoms with Gasteiger partial charge >= 0.3 is 11.9 Å². The molecule has 2 heterocycles. The van der Waals surface area contributed by atoms with Gasteiger partial charge in [-0.25, -0.2) is 0 Å². The van der Waals surface area contributed by atoms with E-state index in [-0.39, 0.29) is 13.1 Å². The highest BCUT2D eigenvalue weighted by Crippen LogP contribution is 2.22. The second-order valence-electron chi connectivity index (χ2n) is 8.78. The van der Waals surface area contributed by atoms with Gasteiger partial charge in [-0.05, 0) is 36.8 Å². The third kappa shape index (κ3) is 6.00. The van der Waals surface area contributed by atoms with E-state index in [1.54, 1.807) is 48.5 Å². The fraction of sp³-hybridized carbons (Fsp3) is 0.385. The Bertz CT molecular complexity index is 1030. The van der Waals surface area contributed by atoms with Crippen LogP contribution < -0.4 is 0 Å². The number of Topliss-reactive ketones (excluding diaryl/α,β-unsaturated/α-hetero) is 2. The topological polar surface area (TPSA) is 93.2 Å². The van der Waals surface area contributed by atoms with Gasteiger partial charge in [0, 0.05) is 24.2 Å². The molecule has 2 aromatic carbocycles. The summed E-state index contributed by atoms with van der Waals surface area (Å²) in [5, 5.41) is 0.866. The molecule has 0 spiro atoms. The smallest absolute Gasteiger partial charge is 0.326 e. The van der Waals surface area contributed by atoms with Gasteiger partial charge < -0.3 is 9.47 Å². The van der Waals surface area contributed by atoms with Crippen LogP contribution in [0.25, 0.3) is 11.1 Å². The lowest BCUT2D eigenvalue weighted by Crippen LogP contribution is -2.32. The SMILES string of the molecule is O=C(COC(=O)[C@H]1CCCN1F)c1ccc(-c2ccc(C(=O)COC(=O)[C@@H]3CCCN3F)cc2)cc1. The van der Waals surface area contributed by atoms with E-state index in [4.69, 9.17) is 9.47 Å². The van der Waals surface area contributed by atoms with Crippen LogP contribution >= 0.6 is 0 Å². The summed E-state index contributed by atoms with van der Waals surface area (Å²) < 4.78 is 36.9. The van der Waals surface area contributed by atoms with Crippen LogP contribution in [0, 0.1) is 0 Å². The van der Waals surface area contributed by atoms with Gasteiger partial charge in [-0.15, -0.1) is 19.2 Å². The standard InChI is InChI=1S/C26H26F2N2O6/c27-29-13-1-3-21(29)25(33)35-15-23(31)19-9-5-17(6-10-19)18-7-11-20(12-8-18)24(32)16-36-26(34)22-4-2-14-30(22)28/h5-12,21-22H,1-4,13-16H2/t21-,22+. The van der Waals surface area contributed by atoms with Crippen molar-refractivity contribution < 1.29 is 37.6 Å². The predicted molar refractivity (Wildman–Crippen MR) is 124 cm³/mol. The van der Waals surface area contributed by atoms with Crippen molar-refractivity contribution in [3.63, 3.8) is 0 Å². The van der Waals surface area contributed by atoms with E-state index in [1.807, 2.05) is 0 Å². The van der Waals surface area contributed by atoms with Crippen molar-refractivity contribution in [2.75, 3.05) is 26.3 Å². The molecule has 2 aliphatic heterocycles. The van der Waals surface area contributed by atoms with Crippen LogP contribution in [-0.2, 0) is 19.1 Å². The highest BCUT2D eigenvalue weighted by molar-refractivity contribution is 5.99. The van der Waals surface area contributed by atoms with E-state index < -0.39 is 48.8 Å². The second-order valence-corrected chi connectivity index (χ2v) is 8.78. The molecule has 0 amide bonds. The Labute approximate surface area is 206 Å². The molecule has 0 saturated carbocycles. The van der Waals surface area contributed by atoms with Gasteiger partial charge in [0.1, 0.15) is 12.1 Å². The molecule has 10 heteroatoms. The van der Waals surface area contributed by atoms with Gasteiger partial charge in [-0.2, -0.15) is 0 Å². The highest BCUT2D eigenvalue weighted by atomic mass is 19.2. The number of hydrogen-bond acceptors (Lipinski definition) is 8. The second kappa shape index (κ2) is 11.5. The normalized spacial score (nSPS) is 20.3. The first-order valence-corrected chi connectivity index (χ1v) is 11.8. The first-order valence-electron chi connectivity index (χ1n) is 11.8. The molecular formula is C26H26F2N2O6. The Hall–Kier alpha value is -3.50. The number of halogens is 2. The maximum Gasteiger partial charge on any atom is 0.326 e. The predicted octanol–water partition coefficient (Wildman–Crippen LogP) is 3.50. The van der Waals surface area contributed by atoms with Gasteiger partial charge in [0.15, 0.2) is 24.8 Å². The molecule has 0 aromatic heterocycles. The number of nitrogens with zero attached hydrogens (tertiary/aromatic N) is 2. The Morgan fingerprint density at radius 1 is 0.667 bits per heavy atom. The molecule has 190 valence electrons. The van der Waals surface area contributed by atoms with Gasteiger partial charge in [0.2, 0.25) is 0 Å². The number of benzene rings is 2. The summed E-state index contributed by atoms with van der Waals surface area (Å²) >= 11 is 0. The first-order chi connectivity index (χ1) is 17.3. The number of ether oxygens (including phenoxy) is 2. The Morgan fingerprint density at radius 2 is 1.03 bits per heavy atom. The van der Waals surface area contributed by atoms with Crippen LogP contribution in [0.1, 0.15) is 46.4 Å². The number of carbonyl (C=O) groups is 4. The fourth-order valence-electron chi connectivity index (χ4n) is 4.26. The van der Waals surface area contributed by atoms with E-state index in [9.17, 15) is 28.1 Å². The van der Waals surface area contributed by atoms with Crippen molar-refractivity contribution in [3.05, 3.63) is 59.7 Å². The Balaban J connectivity index is 1.28. The fourth-order valence-corrected chi connectivity index (χ4v) is 4.26. The number of ketones is 2. The monoisotopic (exact) mass is 500 g/mol. The van der Waals surface area contributed by atoms with Crippen LogP contribution in [0.5, 0.6) is 0 Å². The van der Waals surface area contributed by atoms with Gasteiger partial charge in [-0.1, -0.05) is 48.5 Å². The van der Waals surface area contributed by atoms with E-state index in [0.717, 1.165) is 11.1 Å². The summed E-state index contributed by atoms with van der Waals surface area (Å²) in [7, 11) is 0. The van der Waals surface area contributed by atoms with E-state index in [2.05, 4.69) is 0 Å². The largest absolute Gasteiger partial charge is 0.456 e. The lowest BCUT2D eigenvalue weighted by molar-refractivity contribution is -0.154. The molecule has 36 heavy (non-hydrogen) atoms. The maximum absolute atomic E-state index is 13.5. The van der Waals surface area contributed by atoms with Gasteiger partial charge in [0.05, 0.1) is 0 Å². The number of hydrogen-bond donors (Lipinski definition) is 0. The van der Waals surface area contributed by atoms with E-state index in [1.165, 1.54) is 0 Å². The van der Waals surface area contributed by atoms with Crippen LogP contribution in [0.4, 0.5) is 8.96 Å². The van der Waals surface area contributed by atoms with Gasteiger partial charge in [0.25, 0.3) is 0 Å². The minimum absolute atomic E-state index is 0.178. The van der Waals surface area contributed by atoms with Crippen molar-refractivity contribution >= 4 is 23.5 Å². The first kappa shape index (κ1) is 25.6. The van der Waals surface area contributed by atoms with E-state index >= 15 is 0 Å². The quantitative estimate of drug-likeness (QED) is 0.294. The molecule has 2 aromatic rings. The van der Waals surface area contributed by atoms with E-state index in [0.29, 0.717) is 47.1 Å². The maximum atomic E-state index is 13.5. The number of carbonyl (C=O) groups excluding carboxylic acids is 4. The third-order valence-electron chi connectivity index (χ3n) is 6.36. The molecule has 0 radical (unpaired) electrons. The zero-order chi connectivity index (χ0) is 25.7. The zero-order valence-corrected chi connectivity index (χ0v) is 19.5. The molecule has 0 bridgehead atoms. The molecule has 0 N–H and O–H groups in total. The molecule has 2 fully saturated rings. The molecule has 0 aliphatic carbocycles.